The zero-order valence-corrected chi connectivity index (χ0v) is 13.3. The number of carbonyl (C=O) groups excluding carboxylic acids is 1. The molecule has 0 bridgehead atoms. The number of hydrogen-bond donors (Lipinski definition) is 2. The van der Waals surface area contributed by atoms with Gasteiger partial charge in [-0.3, -0.25) is 4.79 Å². The van der Waals surface area contributed by atoms with Crippen LogP contribution in [0.3, 0.4) is 0 Å². The molecule has 2 rings (SSSR count). The smallest absolute Gasteiger partial charge is 0.277 e. The molecule has 22 heavy (non-hydrogen) atoms. The van der Waals surface area contributed by atoms with Gasteiger partial charge in [0.25, 0.3) is 11.8 Å². The van der Waals surface area contributed by atoms with Gasteiger partial charge in [-0.05, 0) is 25.1 Å². The van der Waals surface area contributed by atoms with Gasteiger partial charge in [0.2, 0.25) is 0 Å². The van der Waals surface area contributed by atoms with Gasteiger partial charge in [-0.25, -0.2) is 13.5 Å². The lowest BCUT2D eigenvalue weighted by Gasteiger charge is -2.13. The Labute approximate surface area is 133 Å². The SMILES string of the molecule is Cc1c(C(=O)NCC(F)(F)CN)nnn1-c1cccc(Br)c1. The van der Waals surface area contributed by atoms with E-state index in [-0.39, 0.29) is 5.69 Å². The van der Waals surface area contributed by atoms with E-state index in [1.54, 1.807) is 19.1 Å². The van der Waals surface area contributed by atoms with E-state index in [1.165, 1.54) is 4.68 Å². The standard InChI is InChI=1S/C13H14BrF2N5O/c1-8-11(12(22)18-7-13(15,16)6-17)19-20-21(8)10-4-2-3-9(14)5-10/h2-5H,6-7,17H2,1H3,(H,18,22). The molecule has 0 saturated heterocycles. The third-order valence-electron chi connectivity index (χ3n) is 2.97. The van der Waals surface area contributed by atoms with Crippen molar-refractivity contribution in [1.82, 2.24) is 20.3 Å². The van der Waals surface area contributed by atoms with Gasteiger partial charge in [-0.2, -0.15) is 0 Å². The van der Waals surface area contributed by atoms with Crippen molar-refractivity contribution in [2.75, 3.05) is 13.1 Å². The van der Waals surface area contributed by atoms with Crippen molar-refractivity contribution in [2.45, 2.75) is 12.8 Å². The molecule has 0 unspecified atom stereocenters. The first kappa shape index (κ1) is 16.5. The van der Waals surface area contributed by atoms with Crippen LogP contribution in [0.2, 0.25) is 0 Å². The van der Waals surface area contributed by atoms with Crippen LogP contribution in [0, 0.1) is 6.92 Å². The van der Waals surface area contributed by atoms with E-state index in [1.807, 2.05) is 12.1 Å². The molecule has 0 saturated carbocycles. The minimum Gasteiger partial charge on any atom is -0.344 e. The maximum atomic E-state index is 13.1. The molecule has 9 heteroatoms. The lowest BCUT2D eigenvalue weighted by atomic mass is 10.2. The summed E-state index contributed by atoms with van der Waals surface area (Å²) in [4.78, 5) is 11.9. The Bertz CT molecular complexity index is 689. The molecule has 1 heterocycles. The summed E-state index contributed by atoms with van der Waals surface area (Å²) < 4.78 is 28.4. The quantitative estimate of drug-likeness (QED) is 0.834. The predicted octanol–water partition coefficient (Wildman–Crippen LogP) is 1.66. The van der Waals surface area contributed by atoms with Gasteiger partial charge in [0, 0.05) is 4.47 Å². The highest BCUT2D eigenvalue weighted by Crippen LogP contribution is 2.17. The predicted molar refractivity (Wildman–Crippen MR) is 80.1 cm³/mol. The van der Waals surface area contributed by atoms with Crippen molar-refractivity contribution in [1.29, 1.82) is 0 Å². The molecule has 0 aliphatic heterocycles. The van der Waals surface area contributed by atoms with Crippen LogP contribution >= 0.6 is 15.9 Å². The van der Waals surface area contributed by atoms with Gasteiger partial charge >= 0.3 is 0 Å². The van der Waals surface area contributed by atoms with E-state index in [2.05, 4.69) is 31.6 Å². The van der Waals surface area contributed by atoms with Crippen molar-refractivity contribution in [2.24, 2.45) is 5.73 Å². The maximum Gasteiger partial charge on any atom is 0.277 e. The van der Waals surface area contributed by atoms with Crippen LogP contribution in [-0.4, -0.2) is 39.9 Å². The second-order valence-electron chi connectivity index (χ2n) is 4.66. The number of alkyl halides is 2. The zero-order chi connectivity index (χ0) is 16.3. The first-order valence-electron chi connectivity index (χ1n) is 6.38. The van der Waals surface area contributed by atoms with Crippen LogP contribution in [-0.2, 0) is 0 Å². The van der Waals surface area contributed by atoms with Crippen LogP contribution in [0.4, 0.5) is 8.78 Å². The fourth-order valence-corrected chi connectivity index (χ4v) is 2.14. The second kappa shape index (κ2) is 6.49. The van der Waals surface area contributed by atoms with Crippen molar-refractivity contribution in [3.05, 3.63) is 40.1 Å². The summed E-state index contributed by atoms with van der Waals surface area (Å²) in [5.74, 6) is -3.86. The molecule has 3 N–H and O–H groups in total. The largest absolute Gasteiger partial charge is 0.344 e. The highest BCUT2D eigenvalue weighted by Gasteiger charge is 2.28. The number of nitrogens with zero attached hydrogens (tertiary/aromatic N) is 3. The summed E-state index contributed by atoms with van der Waals surface area (Å²) in [6.45, 7) is -0.0423. The summed E-state index contributed by atoms with van der Waals surface area (Å²) in [7, 11) is 0. The van der Waals surface area contributed by atoms with Crippen molar-refractivity contribution < 1.29 is 13.6 Å². The Morgan fingerprint density at radius 1 is 1.50 bits per heavy atom. The number of carbonyl (C=O) groups is 1. The topological polar surface area (TPSA) is 85.8 Å². The molecule has 0 aliphatic carbocycles. The fourth-order valence-electron chi connectivity index (χ4n) is 1.76. The number of benzene rings is 1. The molecular formula is C13H14BrF2N5O. The Hall–Kier alpha value is -1.87. The number of nitrogens with one attached hydrogen (secondary N) is 1. The third-order valence-corrected chi connectivity index (χ3v) is 3.46. The normalized spacial score (nSPS) is 11.5. The van der Waals surface area contributed by atoms with Crippen molar-refractivity contribution >= 4 is 21.8 Å². The van der Waals surface area contributed by atoms with Crippen LogP contribution in [0.1, 0.15) is 16.2 Å². The Morgan fingerprint density at radius 3 is 2.86 bits per heavy atom. The number of aromatic nitrogens is 3. The number of amides is 1. The summed E-state index contributed by atoms with van der Waals surface area (Å²) in [6.07, 6.45) is 0. The molecule has 0 spiro atoms. The molecule has 118 valence electrons. The lowest BCUT2D eigenvalue weighted by molar-refractivity contribution is 0.0118. The molecule has 1 amide bonds. The van der Waals surface area contributed by atoms with Crippen molar-refractivity contribution in [3.63, 3.8) is 0 Å². The van der Waals surface area contributed by atoms with Crippen LogP contribution in [0.25, 0.3) is 5.69 Å². The summed E-state index contributed by atoms with van der Waals surface area (Å²) in [5.41, 5.74) is 6.06. The van der Waals surface area contributed by atoms with E-state index in [0.717, 1.165) is 4.47 Å². The maximum absolute atomic E-state index is 13.1. The van der Waals surface area contributed by atoms with Gasteiger partial charge in [0.05, 0.1) is 24.5 Å². The molecule has 0 aliphatic rings. The summed E-state index contributed by atoms with van der Waals surface area (Å²) in [5, 5.41) is 9.76. The van der Waals surface area contributed by atoms with E-state index in [4.69, 9.17) is 5.73 Å². The fraction of sp³-hybridized carbons (Fsp3) is 0.308. The van der Waals surface area contributed by atoms with Crippen LogP contribution in [0.5, 0.6) is 0 Å². The van der Waals surface area contributed by atoms with E-state index >= 15 is 0 Å². The minimum absolute atomic E-state index is 0.00667. The summed E-state index contributed by atoms with van der Waals surface area (Å²) >= 11 is 3.34. The van der Waals surface area contributed by atoms with E-state index in [9.17, 15) is 13.6 Å². The van der Waals surface area contributed by atoms with Crippen molar-refractivity contribution in [3.8, 4) is 5.69 Å². The Morgan fingerprint density at radius 2 is 2.23 bits per heavy atom. The molecule has 6 nitrogen and oxygen atoms in total. The molecule has 1 aromatic heterocycles. The van der Waals surface area contributed by atoms with Gasteiger partial charge in [-0.1, -0.05) is 27.2 Å². The Kier molecular flexibility index (Phi) is 4.87. The molecule has 0 radical (unpaired) electrons. The van der Waals surface area contributed by atoms with Gasteiger partial charge in [0.1, 0.15) is 0 Å². The summed E-state index contributed by atoms with van der Waals surface area (Å²) in [6, 6.07) is 7.24. The third kappa shape index (κ3) is 3.66. The van der Waals surface area contributed by atoms with E-state index < -0.39 is 24.9 Å². The molecule has 2 aromatic rings. The lowest BCUT2D eigenvalue weighted by Crippen LogP contribution is -2.41. The van der Waals surface area contributed by atoms with E-state index in [0.29, 0.717) is 11.4 Å². The monoisotopic (exact) mass is 373 g/mol. The zero-order valence-electron chi connectivity index (χ0n) is 11.7. The average Bonchev–Trinajstić information content (AvgIpc) is 2.87. The first-order chi connectivity index (χ1) is 10.3. The Balaban J connectivity index is 2.19. The minimum atomic E-state index is -3.15. The van der Waals surface area contributed by atoms with Crippen LogP contribution < -0.4 is 11.1 Å². The number of hydrogen-bond acceptors (Lipinski definition) is 4. The number of nitrogens with two attached hydrogens (primary N) is 1. The molecule has 0 fully saturated rings. The van der Waals surface area contributed by atoms with Gasteiger partial charge in [-0.15, -0.1) is 5.10 Å². The number of rotatable bonds is 5. The van der Waals surface area contributed by atoms with Gasteiger partial charge < -0.3 is 11.1 Å². The average molecular weight is 374 g/mol. The molecule has 1 aromatic carbocycles. The molecule has 0 atom stereocenters. The van der Waals surface area contributed by atoms with Gasteiger partial charge in [0.15, 0.2) is 5.69 Å². The highest BCUT2D eigenvalue weighted by molar-refractivity contribution is 9.10. The second-order valence-corrected chi connectivity index (χ2v) is 5.57. The molecular weight excluding hydrogens is 360 g/mol. The highest BCUT2D eigenvalue weighted by atomic mass is 79.9. The van der Waals surface area contributed by atoms with Crippen LogP contribution in [0.15, 0.2) is 28.7 Å². The first-order valence-corrected chi connectivity index (χ1v) is 7.18. The number of halogens is 3.